The van der Waals surface area contributed by atoms with Crippen LogP contribution in [-0.2, 0) is 0 Å². The van der Waals surface area contributed by atoms with Crippen LogP contribution in [0.25, 0.3) is 0 Å². The van der Waals surface area contributed by atoms with Crippen LogP contribution in [0.5, 0.6) is 5.75 Å². The number of carbonyl (C=O) groups is 1. The van der Waals surface area contributed by atoms with E-state index < -0.39 is 5.97 Å². The Labute approximate surface area is 118 Å². The van der Waals surface area contributed by atoms with Crippen LogP contribution < -0.4 is 4.74 Å². The summed E-state index contributed by atoms with van der Waals surface area (Å²) in [4.78, 5) is 11.9. The Morgan fingerprint density at radius 3 is 2.47 bits per heavy atom. The van der Waals surface area contributed by atoms with Gasteiger partial charge in [-0.25, -0.2) is 4.79 Å². The van der Waals surface area contributed by atoms with Gasteiger partial charge < -0.3 is 9.94 Å². The smallest absolute Gasteiger partial charge is 0.344 e. The number of oxime groups is 1. The number of carbonyl (C=O) groups excluding carboxylic acids is 1. The van der Waals surface area contributed by atoms with Crippen LogP contribution in [0.3, 0.4) is 0 Å². The van der Waals surface area contributed by atoms with E-state index in [4.69, 9.17) is 9.94 Å². The Morgan fingerprint density at radius 2 is 1.84 bits per heavy atom. The van der Waals surface area contributed by atoms with Crippen LogP contribution in [0.2, 0.25) is 0 Å². The van der Waals surface area contributed by atoms with Crippen LogP contribution in [0, 0.1) is 0 Å². The Balaban J connectivity index is 2.13. The second kappa shape index (κ2) is 6.15. The van der Waals surface area contributed by atoms with Crippen molar-refractivity contribution in [2.24, 2.45) is 5.16 Å². The lowest BCUT2D eigenvalue weighted by molar-refractivity contribution is 0.0734. The molecule has 0 spiro atoms. The normalized spacial score (nSPS) is 10.6. The molecule has 0 amide bonds. The maximum atomic E-state index is 11.9. The molecule has 2 aromatic rings. The molecule has 19 heavy (non-hydrogen) atoms. The standard InChI is InChI=1S/C14H10BrNO3/c15-13-4-2-1-3-12(13)14(17)19-11-7-5-10(6-8-11)9-16-18/h1-9,18H/b16-9-. The quantitative estimate of drug-likeness (QED) is 0.310. The molecule has 0 saturated carbocycles. The van der Waals surface area contributed by atoms with Crippen molar-refractivity contribution < 1.29 is 14.7 Å². The molecule has 0 aliphatic heterocycles. The first-order chi connectivity index (χ1) is 9.20. The Kier molecular flexibility index (Phi) is 4.30. The zero-order valence-electron chi connectivity index (χ0n) is 9.79. The first kappa shape index (κ1) is 13.3. The van der Waals surface area contributed by atoms with Crippen molar-refractivity contribution in [2.75, 3.05) is 0 Å². The highest BCUT2D eigenvalue weighted by atomic mass is 79.9. The Bertz CT molecular complexity index is 608. The highest BCUT2D eigenvalue weighted by Gasteiger charge is 2.11. The van der Waals surface area contributed by atoms with E-state index in [0.717, 1.165) is 0 Å². The SMILES string of the molecule is O=C(Oc1ccc(/C=N\O)cc1)c1ccccc1Br. The van der Waals surface area contributed by atoms with Crippen LogP contribution in [0.4, 0.5) is 0 Å². The van der Waals surface area contributed by atoms with E-state index in [1.807, 2.05) is 6.07 Å². The fourth-order valence-corrected chi connectivity index (χ4v) is 1.92. The fraction of sp³-hybridized carbons (Fsp3) is 0. The topological polar surface area (TPSA) is 58.9 Å². The van der Waals surface area contributed by atoms with Gasteiger partial charge in [-0.1, -0.05) is 17.3 Å². The van der Waals surface area contributed by atoms with Gasteiger partial charge in [0.2, 0.25) is 0 Å². The van der Waals surface area contributed by atoms with Crippen molar-refractivity contribution in [3.8, 4) is 5.75 Å². The summed E-state index contributed by atoms with van der Waals surface area (Å²) in [5.74, 6) is -0.00751. The third-order valence-corrected chi connectivity index (χ3v) is 3.08. The number of nitrogens with zero attached hydrogens (tertiary/aromatic N) is 1. The fourth-order valence-electron chi connectivity index (χ4n) is 1.48. The maximum Gasteiger partial charge on any atom is 0.344 e. The average Bonchev–Trinajstić information content (AvgIpc) is 2.42. The first-order valence-corrected chi connectivity index (χ1v) is 6.24. The number of halogens is 1. The minimum Gasteiger partial charge on any atom is -0.423 e. The van der Waals surface area contributed by atoms with Crippen molar-refractivity contribution in [1.82, 2.24) is 0 Å². The van der Waals surface area contributed by atoms with E-state index in [1.165, 1.54) is 6.21 Å². The molecule has 0 radical (unpaired) electrons. The summed E-state index contributed by atoms with van der Waals surface area (Å²) in [6.07, 6.45) is 1.29. The van der Waals surface area contributed by atoms with Gasteiger partial charge in [0.1, 0.15) is 5.75 Å². The molecule has 0 bridgehead atoms. The summed E-state index contributed by atoms with van der Waals surface area (Å²) in [5, 5.41) is 11.3. The van der Waals surface area contributed by atoms with Gasteiger partial charge in [0.05, 0.1) is 11.8 Å². The van der Waals surface area contributed by atoms with E-state index in [0.29, 0.717) is 21.3 Å². The lowest BCUT2D eigenvalue weighted by Crippen LogP contribution is -2.09. The first-order valence-electron chi connectivity index (χ1n) is 5.45. The van der Waals surface area contributed by atoms with Crippen molar-refractivity contribution >= 4 is 28.1 Å². The Hall–Kier alpha value is -2.14. The molecule has 0 heterocycles. The van der Waals surface area contributed by atoms with Gasteiger partial charge in [0.15, 0.2) is 0 Å². The summed E-state index contributed by atoms with van der Waals surface area (Å²) in [7, 11) is 0. The van der Waals surface area contributed by atoms with E-state index in [2.05, 4.69) is 21.1 Å². The summed E-state index contributed by atoms with van der Waals surface area (Å²) in [6.45, 7) is 0. The molecule has 2 aromatic carbocycles. The second-order valence-electron chi connectivity index (χ2n) is 3.68. The summed E-state index contributed by atoms with van der Waals surface area (Å²) in [5.41, 5.74) is 1.17. The van der Waals surface area contributed by atoms with Crippen molar-refractivity contribution in [2.45, 2.75) is 0 Å². The Morgan fingerprint density at radius 1 is 1.16 bits per heavy atom. The molecule has 0 aromatic heterocycles. The average molecular weight is 320 g/mol. The van der Waals surface area contributed by atoms with Gasteiger partial charge >= 0.3 is 5.97 Å². The molecule has 2 rings (SSSR count). The largest absolute Gasteiger partial charge is 0.423 e. The molecule has 0 unspecified atom stereocenters. The minimum atomic E-state index is -0.434. The zero-order chi connectivity index (χ0) is 13.7. The lowest BCUT2D eigenvalue weighted by Gasteiger charge is -2.05. The predicted molar refractivity (Wildman–Crippen MR) is 74.9 cm³/mol. The minimum absolute atomic E-state index is 0.427. The van der Waals surface area contributed by atoms with Crippen LogP contribution in [-0.4, -0.2) is 17.4 Å². The molecule has 4 nitrogen and oxygen atoms in total. The van der Waals surface area contributed by atoms with Crippen molar-refractivity contribution in [3.63, 3.8) is 0 Å². The van der Waals surface area contributed by atoms with E-state index in [9.17, 15) is 4.79 Å². The molecule has 0 fully saturated rings. The van der Waals surface area contributed by atoms with Gasteiger partial charge in [0, 0.05) is 4.47 Å². The number of benzene rings is 2. The zero-order valence-corrected chi connectivity index (χ0v) is 11.4. The third-order valence-electron chi connectivity index (χ3n) is 2.39. The summed E-state index contributed by atoms with van der Waals surface area (Å²) in [6, 6.07) is 13.7. The molecule has 0 saturated heterocycles. The van der Waals surface area contributed by atoms with Crippen LogP contribution >= 0.6 is 15.9 Å². The van der Waals surface area contributed by atoms with Gasteiger partial charge in [-0.3, -0.25) is 0 Å². The maximum absolute atomic E-state index is 11.9. The van der Waals surface area contributed by atoms with E-state index >= 15 is 0 Å². The third kappa shape index (κ3) is 3.42. The van der Waals surface area contributed by atoms with Gasteiger partial charge in [-0.2, -0.15) is 0 Å². The van der Waals surface area contributed by atoms with Gasteiger partial charge in [-0.15, -0.1) is 0 Å². The van der Waals surface area contributed by atoms with Crippen LogP contribution in [0.15, 0.2) is 58.2 Å². The highest BCUT2D eigenvalue weighted by Crippen LogP contribution is 2.19. The second-order valence-corrected chi connectivity index (χ2v) is 4.54. The number of ether oxygens (including phenoxy) is 1. The van der Waals surface area contributed by atoms with Crippen molar-refractivity contribution in [3.05, 3.63) is 64.1 Å². The van der Waals surface area contributed by atoms with Crippen LogP contribution in [0.1, 0.15) is 15.9 Å². The number of esters is 1. The molecule has 96 valence electrons. The number of rotatable bonds is 3. The summed E-state index contributed by atoms with van der Waals surface area (Å²) < 4.78 is 5.92. The highest BCUT2D eigenvalue weighted by molar-refractivity contribution is 9.10. The van der Waals surface area contributed by atoms with Gasteiger partial charge in [-0.05, 0) is 57.9 Å². The monoisotopic (exact) mass is 319 g/mol. The molecule has 1 N–H and O–H groups in total. The number of hydrogen-bond donors (Lipinski definition) is 1. The predicted octanol–water partition coefficient (Wildman–Crippen LogP) is 3.48. The van der Waals surface area contributed by atoms with E-state index in [-0.39, 0.29) is 0 Å². The van der Waals surface area contributed by atoms with Gasteiger partial charge in [0.25, 0.3) is 0 Å². The molecular formula is C14H10BrNO3. The summed E-state index contributed by atoms with van der Waals surface area (Å²) >= 11 is 3.30. The van der Waals surface area contributed by atoms with Crippen molar-refractivity contribution in [1.29, 1.82) is 0 Å². The van der Waals surface area contributed by atoms with E-state index in [1.54, 1.807) is 42.5 Å². The molecular weight excluding hydrogens is 310 g/mol. The number of hydrogen-bond acceptors (Lipinski definition) is 4. The molecule has 0 aliphatic rings. The molecule has 0 atom stereocenters. The molecule has 5 heteroatoms. The lowest BCUT2D eigenvalue weighted by atomic mass is 10.2. The molecule has 0 aliphatic carbocycles.